The van der Waals surface area contributed by atoms with Crippen LogP contribution in [-0.2, 0) is 12.8 Å². The van der Waals surface area contributed by atoms with Crippen molar-refractivity contribution in [2.45, 2.75) is 47.5 Å². The maximum Gasteiger partial charge on any atom is 0.0797 e. The van der Waals surface area contributed by atoms with Gasteiger partial charge in [0.15, 0.2) is 0 Å². The van der Waals surface area contributed by atoms with Gasteiger partial charge in [-0.05, 0) is 24.2 Å². The average Bonchev–Trinajstić information content (AvgIpc) is 2.32. The second kappa shape index (κ2) is 4.43. The van der Waals surface area contributed by atoms with Crippen molar-refractivity contribution in [1.82, 2.24) is 4.98 Å². The average molecular weight is 211 g/mol. The Morgan fingerprint density at radius 1 is 1.36 bits per heavy atom. The minimum absolute atomic E-state index is 0.373. The summed E-state index contributed by atoms with van der Waals surface area (Å²) in [5.41, 5.74) is 3.68. The summed E-state index contributed by atoms with van der Waals surface area (Å²) in [5.74, 6) is 0.704. The van der Waals surface area contributed by atoms with E-state index in [4.69, 9.17) is 0 Å². The van der Waals surface area contributed by atoms with Crippen LogP contribution in [0.15, 0.2) is 5.51 Å². The van der Waals surface area contributed by atoms with Crippen molar-refractivity contribution in [2.75, 3.05) is 0 Å². The SMILES string of the molecule is CC(C)Cc1ncsc1CC(C)(C)C. The normalized spacial score (nSPS) is 12.4. The van der Waals surface area contributed by atoms with Gasteiger partial charge in [-0.25, -0.2) is 4.98 Å². The molecule has 0 aliphatic rings. The molecule has 0 N–H and O–H groups in total. The molecular formula is C12H21NS. The molecule has 0 unspecified atom stereocenters. The molecule has 0 atom stereocenters. The second-order valence-electron chi connectivity index (χ2n) is 5.56. The van der Waals surface area contributed by atoms with Gasteiger partial charge in [0, 0.05) is 4.88 Å². The van der Waals surface area contributed by atoms with Crippen molar-refractivity contribution in [1.29, 1.82) is 0 Å². The Kier molecular flexibility index (Phi) is 3.71. The molecule has 0 aliphatic heterocycles. The first-order valence-electron chi connectivity index (χ1n) is 5.30. The smallest absolute Gasteiger partial charge is 0.0797 e. The lowest BCUT2D eigenvalue weighted by Gasteiger charge is -2.17. The molecule has 0 fully saturated rings. The fourth-order valence-electron chi connectivity index (χ4n) is 1.47. The van der Waals surface area contributed by atoms with Gasteiger partial charge in [-0.2, -0.15) is 0 Å². The number of hydrogen-bond acceptors (Lipinski definition) is 2. The van der Waals surface area contributed by atoms with Crippen molar-refractivity contribution in [2.24, 2.45) is 11.3 Å². The molecule has 80 valence electrons. The molecule has 1 nitrogen and oxygen atoms in total. The lowest BCUT2D eigenvalue weighted by Crippen LogP contribution is -2.10. The number of nitrogens with zero attached hydrogens (tertiary/aromatic N) is 1. The van der Waals surface area contributed by atoms with Crippen molar-refractivity contribution in [3.8, 4) is 0 Å². The molecule has 0 spiro atoms. The van der Waals surface area contributed by atoms with Crippen LogP contribution in [0, 0.1) is 11.3 Å². The topological polar surface area (TPSA) is 12.9 Å². The summed E-state index contributed by atoms with van der Waals surface area (Å²) in [6.07, 6.45) is 2.27. The van der Waals surface area contributed by atoms with Gasteiger partial charge in [0.2, 0.25) is 0 Å². The van der Waals surface area contributed by atoms with Gasteiger partial charge in [-0.3, -0.25) is 0 Å². The lowest BCUT2D eigenvalue weighted by atomic mass is 9.90. The van der Waals surface area contributed by atoms with Crippen LogP contribution in [0.3, 0.4) is 0 Å². The molecule has 0 saturated heterocycles. The third-order valence-electron chi connectivity index (χ3n) is 2.02. The fourth-order valence-corrected chi connectivity index (χ4v) is 2.57. The Hall–Kier alpha value is -0.370. The number of aromatic nitrogens is 1. The van der Waals surface area contributed by atoms with Crippen LogP contribution in [0.5, 0.6) is 0 Å². The Labute approximate surface area is 91.6 Å². The van der Waals surface area contributed by atoms with E-state index in [1.807, 2.05) is 16.8 Å². The monoisotopic (exact) mass is 211 g/mol. The Bertz CT molecular complexity index is 281. The molecule has 0 aromatic carbocycles. The highest BCUT2D eigenvalue weighted by atomic mass is 32.1. The molecule has 1 rings (SSSR count). The van der Waals surface area contributed by atoms with Gasteiger partial charge in [-0.1, -0.05) is 34.6 Å². The lowest BCUT2D eigenvalue weighted by molar-refractivity contribution is 0.412. The van der Waals surface area contributed by atoms with Crippen LogP contribution in [0.4, 0.5) is 0 Å². The van der Waals surface area contributed by atoms with Crippen LogP contribution in [0.2, 0.25) is 0 Å². The molecule has 14 heavy (non-hydrogen) atoms. The number of hydrogen-bond donors (Lipinski definition) is 0. The van der Waals surface area contributed by atoms with E-state index in [0.29, 0.717) is 11.3 Å². The Morgan fingerprint density at radius 3 is 2.50 bits per heavy atom. The van der Waals surface area contributed by atoms with Gasteiger partial charge in [0.25, 0.3) is 0 Å². The molecule has 0 saturated carbocycles. The molecule has 1 aromatic heterocycles. The van der Waals surface area contributed by atoms with Crippen LogP contribution in [0.1, 0.15) is 45.2 Å². The van der Waals surface area contributed by atoms with E-state index in [9.17, 15) is 0 Å². The number of thiazole rings is 1. The summed E-state index contributed by atoms with van der Waals surface area (Å²) in [7, 11) is 0. The Balaban J connectivity index is 2.72. The predicted molar refractivity (Wildman–Crippen MR) is 63.8 cm³/mol. The van der Waals surface area contributed by atoms with E-state index >= 15 is 0 Å². The summed E-state index contributed by atoms with van der Waals surface area (Å²) >= 11 is 1.81. The predicted octanol–water partition coefficient (Wildman–Crippen LogP) is 3.93. The van der Waals surface area contributed by atoms with Gasteiger partial charge in [0.05, 0.1) is 11.2 Å². The van der Waals surface area contributed by atoms with E-state index < -0.39 is 0 Å². The van der Waals surface area contributed by atoms with E-state index in [1.54, 1.807) is 0 Å². The van der Waals surface area contributed by atoms with Gasteiger partial charge in [-0.15, -0.1) is 11.3 Å². The number of rotatable bonds is 3. The summed E-state index contributed by atoms with van der Waals surface area (Å²) in [6, 6.07) is 0. The fraction of sp³-hybridized carbons (Fsp3) is 0.750. The molecule has 0 amide bonds. The zero-order valence-corrected chi connectivity index (χ0v) is 10.7. The maximum absolute atomic E-state index is 4.46. The maximum atomic E-state index is 4.46. The molecule has 1 heterocycles. The van der Waals surface area contributed by atoms with Crippen LogP contribution < -0.4 is 0 Å². The first-order chi connectivity index (χ1) is 6.38. The summed E-state index contributed by atoms with van der Waals surface area (Å²) in [5, 5.41) is 0. The highest BCUT2D eigenvalue weighted by molar-refractivity contribution is 7.09. The van der Waals surface area contributed by atoms with Gasteiger partial charge < -0.3 is 0 Å². The van der Waals surface area contributed by atoms with E-state index in [2.05, 4.69) is 39.6 Å². The quantitative estimate of drug-likeness (QED) is 0.738. The third-order valence-corrected chi connectivity index (χ3v) is 2.89. The molecule has 0 bridgehead atoms. The second-order valence-corrected chi connectivity index (χ2v) is 6.50. The highest BCUT2D eigenvalue weighted by Gasteiger charge is 2.16. The van der Waals surface area contributed by atoms with Crippen LogP contribution >= 0.6 is 11.3 Å². The van der Waals surface area contributed by atoms with Gasteiger partial charge in [0.1, 0.15) is 0 Å². The molecule has 0 radical (unpaired) electrons. The van der Waals surface area contributed by atoms with Crippen molar-refractivity contribution in [3.05, 3.63) is 16.1 Å². The van der Waals surface area contributed by atoms with Crippen LogP contribution in [-0.4, -0.2) is 4.98 Å². The first kappa shape index (κ1) is 11.7. The zero-order chi connectivity index (χ0) is 10.8. The van der Waals surface area contributed by atoms with Crippen molar-refractivity contribution in [3.63, 3.8) is 0 Å². The largest absolute Gasteiger partial charge is 0.249 e. The summed E-state index contributed by atoms with van der Waals surface area (Å²) in [6.45, 7) is 11.4. The highest BCUT2D eigenvalue weighted by Crippen LogP contribution is 2.26. The molecule has 2 heteroatoms. The first-order valence-corrected chi connectivity index (χ1v) is 6.17. The standard InChI is InChI=1S/C12H21NS/c1-9(2)6-10-11(14-8-13-10)7-12(3,4)5/h8-9H,6-7H2,1-5H3. The Morgan fingerprint density at radius 2 is 2.00 bits per heavy atom. The van der Waals surface area contributed by atoms with Crippen molar-refractivity contribution < 1.29 is 0 Å². The third kappa shape index (κ3) is 3.79. The summed E-state index contributed by atoms with van der Waals surface area (Å²) < 4.78 is 0. The molecule has 1 aromatic rings. The minimum Gasteiger partial charge on any atom is -0.249 e. The van der Waals surface area contributed by atoms with E-state index in [1.165, 1.54) is 10.6 Å². The van der Waals surface area contributed by atoms with E-state index in [0.717, 1.165) is 12.8 Å². The minimum atomic E-state index is 0.373. The zero-order valence-electron chi connectivity index (χ0n) is 9.92. The molecular weight excluding hydrogens is 190 g/mol. The van der Waals surface area contributed by atoms with Crippen LogP contribution in [0.25, 0.3) is 0 Å². The van der Waals surface area contributed by atoms with Crippen molar-refractivity contribution >= 4 is 11.3 Å². The summed E-state index contributed by atoms with van der Waals surface area (Å²) in [4.78, 5) is 5.94. The van der Waals surface area contributed by atoms with E-state index in [-0.39, 0.29) is 0 Å². The van der Waals surface area contributed by atoms with Gasteiger partial charge >= 0.3 is 0 Å². The molecule has 0 aliphatic carbocycles.